The average molecular weight is 618 g/mol. The molecule has 0 atom stereocenters. The number of anilines is 1. The Hall–Kier alpha value is -6.59. The van der Waals surface area contributed by atoms with Crippen molar-refractivity contribution in [2.24, 2.45) is 0 Å². The second-order valence-electron chi connectivity index (χ2n) is 11.9. The molecule has 0 radical (unpaired) electrons. The average Bonchev–Trinajstić information content (AvgIpc) is 3.63. The van der Waals surface area contributed by atoms with Crippen LogP contribution in [0.15, 0.2) is 164 Å². The summed E-state index contributed by atoms with van der Waals surface area (Å²) in [5, 5.41) is 2.13. The van der Waals surface area contributed by atoms with Crippen molar-refractivity contribution in [3.05, 3.63) is 175 Å². The van der Waals surface area contributed by atoms with Gasteiger partial charge in [-0.15, -0.1) is 0 Å². The molecule has 5 heteroatoms. The van der Waals surface area contributed by atoms with Gasteiger partial charge in [0.25, 0.3) is 11.8 Å². The number of aromatic nitrogens is 2. The van der Waals surface area contributed by atoms with E-state index in [0.717, 1.165) is 55.2 Å². The number of amides is 2. The minimum absolute atomic E-state index is 0.336. The van der Waals surface area contributed by atoms with E-state index >= 15 is 0 Å². The highest BCUT2D eigenvalue weighted by Gasteiger charge is 2.40. The number of carbonyl (C=O) groups excluding carboxylic acids is 2. The Morgan fingerprint density at radius 1 is 0.438 bits per heavy atom. The summed E-state index contributed by atoms with van der Waals surface area (Å²) in [6.07, 6.45) is 3.57. The number of benzene rings is 6. The predicted octanol–water partition coefficient (Wildman–Crippen LogP) is 9.98. The van der Waals surface area contributed by atoms with Gasteiger partial charge in [-0.25, -0.2) is 4.90 Å². The number of carbonyl (C=O) groups is 2. The highest BCUT2D eigenvalue weighted by Crippen LogP contribution is 2.43. The van der Waals surface area contributed by atoms with Crippen molar-refractivity contribution in [2.75, 3.05) is 4.90 Å². The first-order valence-corrected chi connectivity index (χ1v) is 15.9. The largest absolute Gasteiger partial charge is 0.308 e. The number of hydrogen-bond donors (Lipinski definition) is 0. The molecule has 0 spiro atoms. The lowest BCUT2D eigenvalue weighted by molar-refractivity contribution is 0.0926. The third-order valence-electron chi connectivity index (χ3n) is 9.25. The van der Waals surface area contributed by atoms with Gasteiger partial charge in [0.2, 0.25) is 0 Å². The van der Waals surface area contributed by atoms with Gasteiger partial charge in [0.15, 0.2) is 0 Å². The second kappa shape index (κ2) is 11.0. The first-order valence-electron chi connectivity index (χ1n) is 15.9. The van der Waals surface area contributed by atoms with Crippen molar-refractivity contribution in [3.63, 3.8) is 0 Å². The van der Waals surface area contributed by atoms with Crippen LogP contribution >= 0.6 is 0 Å². The smallest absolute Gasteiger partial charge is 0.268 e. The fraction of sp³-hybridized carbons (Fsp3) is 0. The molecular weight excluding hydrogens is 590 g/mol. The van der Waals surface area contributed by atoms with Crippen molar-refractivity contribution in [1.82, 2.24) is 9.55 Å². The molecule has 48 heavy (non-hydrogen) atoms. The molecule has 0 bridgehead atoms. The van der Waals surface area contributed by atoms with E-state index in [0.29, 0.717) is 22.5 Å². The van der Waals surface area contributed by atoms with E-state index < -0.39 is 0 Å². The molecule has 9 rings (SSSR count). The Morgan fingerprint density at radius 3 is 1.88 bits per heavy atom. The van der Waals surface area contributed by atoms with Gasteiger partial charge in [-0.1, -0.05) is 109 Å². The number of fused-ring (bicyclic) bond motifs is 4. The molecule has 0 fully saturated rings. The minimum atomic E-state index is -0.345. The van der Waals surface area contributed by atoms with Crippen molar-refractivity contribution in [1.29, 1.82) is 0 Å². The van der Waals surface area contributed by atoms with Crippen LogP contribution < -0.4 is 4.90 Å². The van der Waals surface area contributed by atoms with Crippen molar-refractivity contribution in [2.45, 2.75) is 0 Å². The molecule has 6 aromatic carbocycles. The maximum Gasteiger partial charge on any atom is 0.268 e. The number of nitrogens with zero attached hydrogens (tertiary/aromatic N) is 3. The number of para-hydroxylation sites is 2. The molecule has 3 heterocycles. The molecule has 0 saturated carbocycles. The minimum Gasteiger partial charge on any atom is -0.308 e. The third-order valence-corrected chi connectivity index (χ3v) is 9.25. The van der Waals surface area contributed by atoms with Crippen LogP contribution in [0.3, 0.4) is 0 Å². The molecule has 5 nitrogen and oxygen atoms in total. The van der Waals surface area contributed by atoms with Gasteiger partial charge in [0.05, 0.1) is 33.5 Å². The highest BCUT2D eigenvalue weighted by molar-refractivity contribution is 6.36. The summed E-state index contributed by atoms with van der Waals surface area (Å²) in [6, 6.07) is 50.0. The topological polar surface area (TPSA) is 55.2 Å². The molecule has 226 valence electrons. The van der Waals surface area contributed by atoms with Crippen LogP contribution in [0.1, 0.15) is 20.7 Å². The third kappa shape index (κ3) is 4.22. The molecular formula is C43H27N3O2. The summed E-state index contributed by atoms with van der Waals surface area (Å²) in [7, 11) is 0. The highest BCUT2D eigenvalue weighted by atomic mass is 16.2. The van der Waals surface area contributed by atoms with Crippen molar-refractivity contribution < 1.29 is 9.59 Å². The SMILES string of the molecule is O=C1c2cccc(-n3c4ccccc4c4cccc(-c5ccncc5)c43)c2C(=O)N1c1ccc(-c2ccccc2)cc1-c1ccccc1. The molecule has 8 aromatic rings. The Morgan fingerprint density at radius 2 is 1.08 bits per heavy atom. The van der Waals surface area contributed by atoms with E-state index in [-0.39, 0.29) is 11.8 Å². The lowest BCUT2D eigenvalue weighted by Gasteiger charge is -2.20. The van der Waals surface area contributed by atoms with Crippen LogP contribution in [0.5, 0.6) is 0 Å². The van der Waals surface area contributed by atoms with Gasteiger partial charge >= 0.3 is 0 Å². The zero-order valence-corrected chi connectivity index (χ0v) is 25.7. The summed E-state index contributed by atoms with van der Waals surface area (Å²) in [6.45, 7) is 0. The molecule has 1 aliphatic rings. The Kier molecular flexibility index (Phi) is 6.37. The quantitative estimate of drug-likeness (QED) is 0.181. The second-order valence-corrected chi connectivity index (χ2v) is 11.9. The molecule has 0 N–H and O–H groups in total. The first kappa shape index (κ1) is 27.7. The fourth-order valence-corrected chi connectivity index (χ4v) is 7.10. The van der Waals surface area contributed by atoms with Gasteiger partial charge in [0, 0.05) is 34.3 Å². The Balaban J connectivity index is 1.27. The number of imide groups is 1. The zero-order chi connectivity index (χ0) is 32.2. The molecule has 2 amide bonds. The van der Waals surface area contributed by atoms with Crippen LogP contribution in [-0.4, -0.2) is 21.4 Å². The molecule has 0 unspecified atom stereocenters. The molecule has 1 aliphatic heterocycles. The van der Waals surface area contributed by atoms with E-state index in [1.165, 1.54) is 4.90 Å². The maximum absolute atomic E-state index is 14.8. The van der Waals surface area contributed by atoms with Crippen LogP contribution in [-0.2, 0) is 0 Å². The summed E-state index contributed by atoms with van der Waals surface area (Å²) < 4.78 is 2.14. The zero-order valence-electron chi connectivity index (χ0n) is 25.7. The van der Waals surface area contributed by atoms with E-state index in [4.69, 9.17) is 0 Å². The lowest BCUT2D eigenvalue weighted by Crippen LogP contribution is -2.30. The van der Waals surface area contributed by atoms with Crippen LogP contribution in [0, 0.1) is 0 Å². The molecule has 2 aromatic heterocycles. The summed E-state index contributed by atoms with van der Waals surface area (Å²) >= 11 is 0. The summed E-state index contributed by atoms with van der Waals surface area (Å²) in [5.74, 6) is -0.681. The van der Waals surface area contributed by atoms with Gasteiger partial charge in [0.1, 0.15) is 0 Å². The van der Waals surface area contributed by atoms with E-state index in [1.54, 1.807) is 18.5 Å². The van der Waals surface area contributed by atoms with Gasteiger partial charge in [-0.3, -0.25) is 14.6 Å². The van der Waals surface area contributed by atoms with Gasteiger partial charge in [-0.05, 0) is 64.7 Å². The van der Waals surface area contributed by atoms with E-state index in [9.17, 15) is 9.59 Å². The van der Waals surface area contributed by atoms with Gasteiger partial charge < -0.3 is 4.57 Å². The van der Waals surface area contributed by atoms with Gasteiger partial charge in [-0.2, -0.15) is 0 Å². The lowest BCUT2D eigenvalue weighted by atomic mass is 9.97. The molecule has 0 aliphatic carbocycles. The van der Waals surface area contributed by atoms with Crippen LogP contribution in [0.2, 0.25) is 0 Å². The Labute approximate surface area is 277 Å². The number of rotatable bonds is 5. The maximum atomic E-state index is 14.8. The standard InChI is InChI=1S/C43H27N3O2/c47-42-35-18-10-20-39(45-37-19-8-7-15-33(37)34-17-9-16-32(41(34)45)30-23-25-44-26-24-30)40(35)43(48)46(42)38-22-21-31(28-11-3-1-4-12-28)27-36(38)29-13-5-2-6-14-29/h1-27H. The first-order chi connectivity index (χ1) is 23.7. The normalized spacial score (nSPS) is 12.6. The Bertz CT molecular complexity index is 2540. The van der Waals surface area contributed by atoms with E-state index in [2.05, 4.69) is 58.1 Å². The number of pyridine rings is 1. The van der Waals surface area contributed by atoms with Crippen LogP contribution in [0.4, 0.5) is 5.69 Å². The van der Waals surface area contributed by atoms with Crippen molar-refractivity contribution >= 4 is 39.3 Å². The predicted molar refractivity (Wildman–Crippen MR) is 192 cm³/mol. The van der Waals surface area contributed by atoms with Crippen molar-refractivity contribution in [3.8, 4) is 39.1 Å². The number of hydrogen-bond acceptors (Lipinski definition) is 3. The monoisotopic (exact) mass is 617 g/mol. The summed E-state index contributed by atoms with van der Waals surface area (Å²) in [4.78, 5) is 34.7. The van der Waals surface area contributed by atoms with Crippen LogP contribution in [0.25, 0.3) is 60.9 Å². The summed E-state index contributed by atoms with van der Waals surface area (Å²) in [5.41, 5.74) is 9.75. The van der Waals surface area contributed by atoms with E-state index in [1.807, 2.05) is 97.1 Å². The molecule has 0 saturated heterocycles. The fourth-order valence-electron chi connectivity index (χ4n) is 7.10.